The molecule has 0 aromatic rings. The van der Waals surface area contributed by atoms with Gasteiger partial charge in [-0.2, -0.15) is 7.05 Å². The van der Waals surface area contributed by atoms with E-state index in [1.165, 1.54) is 37.2 Å². The second-order valence-corrected chi connectivity index (χ2v) is 5.65. The zero-order chi connectivity index (χ0) is 16.4. The number of nitrogens with zero attached hydrogens (tertiary/aromatic N) is 3. The van der Waals surface area contributed by atoms with Gasteiger partial charge in [-0.3, -0.25) is 0 Å². The Kier molecular flexibility index (Phi) is 15.9. The van der Waals surface area contributed by atoms with Gasteiger partial charge in [0.2, 0.25) is 0 Å². The maximum atomic E-state index is 7.00. The van der Waals surface area contributed by atoms with Crippen LogP contribution in [-0.2, 0) is 17.1 Å². The quantitative estimate of drug-likeness (QED) is 0.298. The summed E-state index contributed by atoms with van der Waals surface area (Å²) >= 11 is 0. The zero-order valence-electron chi connectivity index (χ0n) is 14.5. The molecule has 0 bridgehead atoms. The first-order chi connectivity index (χ1) is 9.41. The summed E-state index contributed by atoms with van der Waals surface area (Å²) in [6.45, 7) is 7.32. The first-order valence-electron chi connectivity index (χ1n) is 6.83. The Morgan fingerprint density at radius 2 is 1.43 bits per heavy atom. The Bertz CT molecular complexity index is 246. The third-order valence-electron chi connectivity index (χ3n) is 3.89. The van der Waals surface area contributed by atoms with Gasteiger partial charge >= 0.3 is 17.1 Å². The molecule has 2 atom stereocenters. The molecule has 2 unspecified atom stereocenters. The molecule has 0 amide bonds. The Morgan fingerprint density at radius 1 is 0.952 bits per heavy atom. The summed E-state index contributed by atoms with van der Waals surface area (Å²) in [7, 11) is 14.1. The van der Waals surface area contributed by atoms with Crippen LogP contribution in [0.4, 0.5) is 0 Å². The third-order valence-corrected chi connectivity index (χ3v) is 3.89. The van der Waals surface area contributed by atoms with Crippen molar-refractivity contribution in [1.82, 2.24) is 4.90 Å². The number of fused-ring (bicyclic) bond motifs is 1. The van der Waals surface area contributed by atoms with Crippen LogP contribution in [0.2, 0.25) is 0 Å². The molecule has 0 radical (unpaired) electrons. The molecule has 2 rings (SSSR count). The molecule has 2 heterocycles. The fourth-order valence-corrected chi connectivity index (χ4v) is 2.58. The predicted octanol–water partition coefficient (Wildman–Crippen LogP) is -1.01. The standard InChI is InChI=1S/C11H23N3.3CH4O.Mn/c1-12-5-6-14(4)8-7-13(2,3)10-11(14)9-12;3*1-2;/h2,5-10H2,1,3-4H3;3*2H,1H3;/q;;;;+3. The van der Waals surface area contributed by atoms with Gasteiger partial charge in [-0.15, -0.1) is 0 Å². The molecule has 128 valence electrons. The monoisotopic (exact) mass is 348 g/mol. The minimum Gasteiger partial charge on any atom is -0.475 e. The van der Waals surface area contributed by atoms with Crippen LogP contribution < -0.4 is 0 Å². The molecule has 0 spiro atoms. The van der Waals surface area contributed by atoms with Crippen molar-refractivity contribution < 1.29 is 41.4 Å². The van der Waals surface area contributed by atoms with Gasteiger partial charge in [0.25, 0.3) is 0 Å². The molecule has 2 aliphatic rings. The van der Waals surface area contributed by atoms with Crippen molar-refractivity contribution in [1.29, 1.82) is 0 Å². The molecular formula is C14H35MnN3O3+3. The maximum absolute atomic E-state index is 7.00. The molecule has 2 aliphatic heterocycles. The summed E-state index contributed by atoms with van der Waals surface area (Å²) in [5, 5.41) is 21.0. The average molecular weight is 348 g/mol. The molecular weight excluding hydrogens is 313 g/mol. The van der Waals surface area contributed by atoms with E-state index in [-0.39, 0.29) is 17.1 Å². The van der Waals surface area contributed by atoms with Crippen LogP contribution in [0, 0.1) is 13.1 Å². The summed E-state index contributed by atoms with van der Waals surface area (Å²) in [6.07, 6.45) is 0. The van der Waals surface area contributed by atoms with Gasteiger partial charge in [-0.05, 0) is 13.6 Å². The van der Waals surface area contributed by atoms with Crippen molar-refractivity contribution in [3.05, 3.63) is 13.1 Å². The average Bonchev–Trinajstić information content (AvgIpc) is 2.47. The van der Waals surface area contributed by atoms with Crippen LogP contribution in [0.25, 0.3) is 0 Å². The third kappa shape index (κ3) is 8.47. The number of quaternary nitrogens is 2. The van der Waals surface area contributed by atoms with Crippen molar-refractivity contribution in [2.45, 2.75) is 0 Å². The van der Waals surface area contributed by atoms with Crippen LogP contribution in [-0.4, -0.2) is 111 Å². The second-order valence-electron chi connectivity index (χ2n) is 5.65. The maximum Gasteiger partial charge on any atom is 3.00 e. The number of likely N-dealkylation sites (N-methyl/N-ethyl adjacent to an activating group) is 3. The number of hydrogen-bond acceptors (Lipinski definition) is 4. The van der Waals surface area contributed by atoms with E-state index in [2.05, 4.69) is 33.1 Å². The number of rotatable bonds is 0. The SMILES string of the molecule is CO.CO.CO.[CH2-][N+]1(C)CC[N+]2(C)CCN(C)C[C-]2C1.[Mn+3]. The van der Waals surface area contributed by atoms with Crippen LogP contribution in [0.3, 0.4) is 0 Å². The van der Waals surface area contributed by atoms with Crippen LogP contribution in [0.1, 0.15) is 0 Å². The zero-order valence-corrected chi connectivity index (χ0v) is 15.7. The van der Waals surface area contributed by atoms with Gasteiger partial charge in [0, 0.05) is 42.0 Å². The van der Waals surface area contributed by atoms with Gasteiger partial charge < -0.3 is 29.2 Å². The van der Waals surface area contributed by atoms with Crippen LogP contribution in [0.5, 0.6) is 0 Å². The largest absolute Gasteiger partial charge is 3.00 e. The molecule has 7 heteroatoms. The van der Waals surface area contributed by atoms with E-state index in [4.69, 9.17) is 15.3 Å². The summed E-state index contributed by atoms with van der Waals surface area (Å²) in [5.41, 5.74) is 0. The second kappa shape index (κ2) is 12.8. The van der Waals surface area contributed by atoms with Gasteiger partial charge in [-0.25, -0.2) is 0 Å². The predicted molar refractivity (Wildman–Crippen MR) is 82.4 cm³/mol. The smallest absolute Gasteiger partial charge is 0.475 e. The van der Waals surface area contributed by atoms with Crippen molar-refractivity contribution >= 4 is 0 Å². The fourth-order valence-electron chi connectivity index (χ4n) is 2.58. The Labute approximate surface area is 141 Å². The van der Waals surface area contributed by atoms with Crippen molar-refractivity contribution in [3.8, 4) is 0 Å². The number of aliphatic hydroxyl groups is 3. The van der Waals surface area contributed by atoms with E-state index in [0.29, 0.717) is 0 Å². The number of hydrogen-bond donors (Lipinski definition) is 3. The Balaban J connectivity index is -0.000000414. The van der Waals surface area contributed by atoms with Crippen LogP contribution in [0.15, 0.2) is 0 Å². The summed E-state index contributed by atoms with van der Waals surface area (Å²) in [4.78, 5) is 2.43. The van der Waals surface area contributed by atoms with Crippen molar-refractivity contribution in [2.24, 2.45) is 0 Å². The number of aliphatic hydroxyl groups excluding tert-OH is 3. The summed E-state index contributed by atoms with van der Waals surface area (Å²) in [6, 6.07) is 1.67. The molecule has 0 aliphatic carbocycles. The van der Waals surface area contributed by atoms with E-state index in [9.17, 15) is 0 Å². The molecule has 2 fully saturated rings. The van der Waals surface area contributed by atoms with Gasteiger partial charge in [-0.1, -0.05) is 12.6 Å². The fraction of sp³-hybridized carbons (Fsp3) is 0.857. The van der Waals surface area contributed by atoms with E-state index >= 15 is 0 Å². The topological polar surface area (TPSA) is 63.9 Å². The van der Waals surface area contributed by atoms with Crippen molar-refractivity contribution in [2.75, 3.05) is 81.7 Å². The van der Waals surface area contributed by atoms with Gasteiger partial charge in [0.1, 0.15) is 13.1 Å². The minimum atomic E-state index is 0. The molecule has 3 N–H and O–H groups in total. The van der Waals surface area contributed by atoms with Gasteiger partial charge in [0.05, 0.1) is 6.54 Å². The van der Waals surface area contributed by atoms with E-state index < -0.39 is 0 Å². The normalized spacial score (nSPS) is 31.7. The molecule has 21 heavy (non-hydrogen) atoms. The first-order valence-corrected chi connectivity index (χ1v) is 6.83. The number of piperazine rings is 2. The summed E-state index contributed by atoms with van der Waals surface area (Å²) in [5.74, 6) is 0. The van der Waals surface area contributed by atoms with Crippen LogP contribution >= 0.6 is 0 Å². The van der Waals surface area contributed by atoms with E-state index in [1.54, 1.807) is 6.04 Å². The van der Waals surface area contributed by atoms with E-state index in [1.807, 2.05) is 0 Å². The van der Waals surface area contributed by atoms with Gasteiger partial charge in [0.15, 0.2) is 0 Å². The molecule has 2 saturated heterocycles. The molecule has 0 saturated carbocycles. The van der Waals surface area contributed by atoms with Crippen molar-refractivity contribution in [3.63, 3.8) is 0 Å². The first kappa shape index (κ1) is 26.2. The Hall–Kier alpha value is 0.279. The summed E-state index contributed by atoms with van der Waals surface area (Å²) < 4.78 is 2.13. The Morgan fingerprint density at radius 3 is 1.90 bits per heavy atom. The molecule has 6 nitrogen and oxygen atoms in total. The minimum absolute atomic E-state index is 0. The molecule has 0 aromatic heterocycles. The van der Waals surface area contributed by atoms with E-state index in [0.717, 1.165) is 32.4 Å². The molecule has 0 aromatic carbocycles.